The molecule has 66 heavy (non-hydrogen) atoms. The van der Waals surface area contributed by atoms with Gasteiger partial charge in [0.2, 0.25) is 0 Å². The highest BCUT2D eigenvalue weighted by molar-refractivity contribution is 6.16. The Morgan fingerprint density at radius 2 is 1.26 bits per heavy atom. The van der Waals surface area contributed by atoms with Crippen molar-refractivity contribution < 1.29 is 8.83 Å². The molecule has 2 aliphatic rings. The molecule has 0 saturated carbocycles. The zero-order valence-electron chi connectivity index (χ0n) is 37.1. The third-order valence-corrected chi connectivity index (χ3v) is 13.7. The van der Waals surface area contributed by atoms with E-state index in [1.165, 1.54) is 38.8 Å². The van der Waals surface area contributed by atoms with E-state index in [0.29, 0.717) is 11.3 Å². The van der Waals surface area contributed by atoms with Gasteiger partial charge in [0.1, 0.15) is 11.2 Å². The zero-order chi connectivity index (χ0) is 44.8. The fourth-order valence-corrected chi connectivity index (χ4v) is 10.8. The molecule has 12 rings (SSSR count). The Kier molecular flexibility index (Phi) is 9.02. The highest BCUT2D eigenvalue weighted by Gasteiger charge is 2.37. The van der Waals surface area contributed by atoms with Crippen molar-refractivity contribution >= 4 is 99.9 Å². The van der Waals surface area contributed by atoms with Crippen LogP contribution in [-0.2, 0) is 6.42 Å². The van der Waals surface area contributed by atoms with Crippen LogP contribution in [0.25, 0.3) is 70.6 Å². The standard InChI is InChI=1S/C60H44N4O2/c1-35(2)49-32-53(63(39-24-20-37(34-61)21-25-39)51-16-10-14-45-41-12-6-8-18-55(41)65-59(45)51)47-30-28-44-50(36(3)4)33-54(48-31-29-43(49)57(47)58(44)48)64(40-26-22-38(62-5)23-27-40)52-17-11-15-46-42-13-7-9-19-56(42)66-60(46)52/h6-27,29-33,35-36,53H,28H2,1-4H3. The molecule has 1 atom stereocenters. The summed E-state index contributed by atoms with van der Waals surface area (Å²) in [5.74, 6) is 0.441. The first kappa shape index (κ1) is 39.3. The molecule has 2 heterocycles. The van der Waals surface area contributed by atoms with Crippen molar-refractivity contribution in [3.8, 4) is 6.07 Å². The SMILES string of the molecule is [C-]#[N+]c1ccc(N(c2cc(C(C)C)c3c4c5c(ccc24)C(C(C)C)=CC(N(c2ccc(C#N)cc2)c2cccc4c2oc2ccccc24)C5=CC3)c2cccc3c2oc2ccccc23)cc1. The van der Waals surface area contributed by atoms with Crippen LogP contribution in [0.2, 0.25) is 0 Å². The zero-order valence-corrected chi connectivity index (χ0v) is 37.1. The summed E-state index contributed by atoms with van der Waals surface area (Å²) < 4.78 is 13.6. The number of para-hydroxylation sites is 4. The predicted molar refractivity (Wildman–Crippen MR) is 272 cm³/mol. The number of nitrogens with zero attached hydrogens (tertiary/aromatic N) is 4. The van der Waals surface area contributed by atoms with Gasteiger partial charge in [0.25, 0.3) is 0 Å². The highest BCUT2D eigenvalue weighted by Crippen LogP contribution is 2.54. The first-order valence-corrected chi connectivity index (χ1v) is 22.7. The van der Waals surface area contributed by atoms with Crippen molar-refractivity contribution in [1.82, 2.24) is 0 Å². The van der Waals surface area contributed by atoms with Crippen LogP contribution in [0.15, 0.2) is 173 Å². The van der Waals surface area contributed by atoms with E-state index in [0.717, 1.165) is 84.1 Å². The molecule has 6 heteroatoms. The summed E-state index contributed by atoms with van der Waals surface area (Å²) in [5.41, 5.74) is 17.1. The van der Waals surface area contributed by atoms with E-state index < -0.39 is 0 Å². The van der Waals surface area contributed by atoms with Gasteiger partial charge < -0.3 is 18.6 Å². The number of benzene rings is 8. The first-order valence-electron chi connectivity index (χ1n) is 22.7. The van der Waals surface area contributed by atoms with Crippen LogP contribution in [0, 0.1) is 23.8 Å². The van der Waals surface area contributed by atoms with E-state index >= 15 is 0 Å². The number of hydrogen-bond acceptors (Lipinski definition) is 5. The van der Waals surface area contributed by atoms with Gasteiger partial charge in [-0.25, -0.2) is 4.85 Å². The van der Waals surface area contributed by atoms with Gasteiger partial charge in [-0.15, -0.1) is 0 Å². The third kappa shape index (κ3) is 5.92. The lowest BCUT2D eigenvalue weighted by Gasteiger charge is -2.41. The van der Waals surface area contributed by atoms with Crippen molar-refractivity contribution in [2.75, 3.05) is 9.80 Å². The van der Waals surface area contributed by atoms with E-state index in [2.05, 4.69) is 164 Å². The smallest absolute Gasteiger partial charge is 0.187 e. The van der Waals surface area contributed by atoms with Crippen molar-refractivity contribution in [1.29, 1.82) is 5.26 Å². The summed E-state index contributed by atoms with van der Waals surface area (Å²) in [6, 6.07) is 54.5. The van der Waals surface area contributed by atoms with Crippen molar-refractivity contribution in [3.05, 3.63) is 203 Å². The maximum absolute atomic E-state index is 9.91. The molecule has 2 aromatic heterocycles. The number of rotatable bonds is 8. The average molecular weight is 853 g/mol. The van der Waals surface area contributed by atoms with Crippen molar-refractivity contribution in [2.45, 2.75) is 46.1 Å². The minimum Gasteiger partial charge on any atom is -0.454 e. The molecular weight excluding hydrogens is 809 g/mol. The summed E-state index contributed by atoms with van der Waals surface area (Å²) in [4.78, 5) is 8.53. The molecule has 1 unspecified atom stereocenters. The van der Waals surface area contributed by atoms with Gasteiger partial charge in [-0.1, -0.05) is 125 Å². The quantitative estimate of drug-likeness (QED) is 0.143. The summed E-state index contributed by atoms with van der Waals surface area (Å²) in [6.07, 6.45) is 5.71. The Morgan fingerprint density at radius 1 is 0.636 bits per heavy atom. The Hall–Kier alpha value is -8.32. The van der Waals surface area contributed by atoms with Crippen LogP contribution < -0.4 is 9.80 Å². The minimum atomic E-state index is -0.215. The Bertz CT molecular complexity index is 3780. The van der Waals surface area contributed by atoms with Crippen LogP contribution in [-0.4, -0.2) is 6.04 Å². The topological polar surface area (TPSA) is 60.9 Å². The van der Waals surface area contributed by atoms with Gasteiger partial charge in [0, 0.05) is 38.3 Å². The number of fused-ring (bicyclic) bond motifs is 6. The fraction of sp³-hybridized carbons (Fsp3) is 0.133. The summed E-state index contributed by atoms with van der Waals surface area (Å²) >= 11 is 0. The molecule has 0 fully saturated rings. The van der Waals surface area contributed by atoms with Crippen molar-refractivity contribution in [2.24, 2.45) is 5.92 Å². The Morgan fingerprint density at radius 3 is 1.89 bits per heavy atom. The van der Waals surface area contributed by atoms with Gasteiger partial charge in [-0.05, 0) is 124 Å². The molecule has 0 aliphatic heterocycles. The fourth-order valence-electron chi connectivity index (χ4n) is 10.8. The average Bonchev–Trinajstić information content (AvgIpc) is 3.94. The summed E-state index contributed by atoms with van der Waals surface area (Å²) in [6.45, 7) is 17.0. The number of anilines is 5. The summed E-state index contributed by atoms with van der Waals surface area (Å²) in [5, 5.41) is 16.6. The Balaban J connectivity index is 1.14. The van der Waals surface area contributed by atoms with Gasteiger partial charge in [0.15, 0.2) is 16.9 Å². The third-order valence-electron chi connectivity index (χ3n) is 13.7. The predicted octanol–water partition coefficient (Wildman–Crippen LogP) is 16.9. The van der Waals surface area contributed by atoms with E-state index in [9.17, 15) is 5.26 Å². The van der Waals surface area contributed by atoms with Gasteiger partial charge >= 0.3 is 0 Å². The monoisotopic (exact) mass is 852 g/mol. The van der Waals surface area contributed by atoms with E-state index in [-0.39, 0.29) is 17.9 Å². The molecule has 0 N–H and O–H groups in total. The van der Waals surface area contributed by atoms with Crippen LogP contribution in [0.1, 0.15) is 61.4 Å². The first-order chi connectivity index (χ1) is 32.3. The molecular formula is C60H44N4O2. The highest BCUT2D eigenvalue weighted by atomic mass is 16.3. The Labute approximate surface area is 383 Å². The number of nitriles is 1. The second kappa shape index (κ2) is 15.2. The minimum absolute atomic E-state index is 0.215. The van der Waals surface area contributed by atoms with E-state index in [4.69, 9.17) is 15.4 Å². The van der Waals surface area contributed by atoms with Gasteiger partial charge in [-0.2, -0.15) is 5.26 Å². The molecule has 0 amide bonds. The molecule has 6 nitrogen and oxygen atoms in total. The maximum Gasteiger partial charge on any atom is 0.187 e. The van der Waals surface area contributed by atoms with E-state index in [1.807, 2.05) is 48.5 Å². The van der Waals surface area contributed by atoms with Crippen LogP contribution in [0.5, 0.6) is 0 Å². The van der Waals surface area contributed by atoms with Gasteiger partial charge in [0.05, 0.1) is 41.3 Å². The van der Waals surface area contributed by atoms with Crippen LogP contribution in [0.3, 0.4) is 0 Å². The maximum atomic E-state index is 9.91. The molecule has 10 aromatic rings. The lowest BCUT2D eigenvalue weighted by molar-refractivity contribution is 0.667. The lowest BCUT2D eigenvalue weighted by atomic mass is 9.72. The largest absolute Gasteiger partial charge is 0.454 e. The number of furan rings is 2. The number of hydrogen-bond donors (Lipinski definition) is 0. The molecule has 0 radical (unpaired) electrons. The molecule has 0 bridgehead atoms. The second-order valence-electron chi connectivity index (χ2n) is 18.1. The molecule has 0 spiro atoms. The van der Waals surface area contributed by atoms with E-state index in [1.54, 1.807) is 0 Å². The lowest BCUT2D eigenvalue weighted by Crippen LogP contribution is -2.34. The van der Waals surface area contributed by atoms with Crippen LogP contribution in [0.4, 0.5) is 34.1 Å². The molecule has 0 saturated heterocycles. The second-order valence-corrected chi connectivity index (χ2v) is 18.1. The molecule has 316 valence electrons. The molecule has 2 aliphatic carbocycles. The molecule has 8 aromatic carbocycles. The van der Waals surface area contributed by atoms with Gasteiger partial charge in [-0.3, -0.25) is 0 Å². The van der Waals surface area contributed by atoms with Crippen molar-refractivity contribution in [3.63, 3.8) is 0 Å². The van der Waals surface area contributed by atoms with Crippen LogP contribution >= 0.6 is 0 Å². The normalized spacial score (nSPS) is 14.3. The number of allylic oxidation sites excluding steroid dienone is 2. The summed E-state index contributed by atoms with van der Waals surface area (Å²) in [7, 11) is 0.